The SMILES string of the molecule is C[C+]=C[C+]=O. The largest absolute Gasteiger partial charge is 0.604 e. The highest BCUT2D eigenvalue weighted by atomic mass is 16.1. The molecule has 0 unspecified atom stereocenters. The van der Waals surface area contributed by atoms with Crippen LogP contribution in [0.15, 0.2) is 6.08 Å². The minimum absolute atomic E-state index is 1.19. The summed E-state index contributed by atoms with van der Waals surface area (Å²) < 4.78 is 0. The van der Waals surface area contributed by atoms with Crippen LogP contribution in [0, 0.1) is 6.08 Å². The Labute approximate surface area is 31.3 Å². The Kier molecular flexibility index (Phi) is 2.73. The normalized spacial score (nSPS) is 6.60. The van der Waals surface area contributed by atoms with Gasteiger partial charge in [0.05, 0.1) is 0 Å². The van der Waals surface area contributed by atoms with Gasteiger partial charge in [-0.2, -0.15) is 0 Å². The Morgan fingerprint density at radius 3 is 2.40 bits per heavy atom. The molecule has 0 fully saturated rings. The molecule has 0 bridgehead atoms. The van der Waals surface area contributed by atoms with Gasteiger partial charge in [0.25, 0.3) is 6.08 Å². The van der Waals surface area contributed by atoms with Crippen LogP contribution in [-0.2, 0) is 4.79 Å². The summed E-state index contributed by atoms with van der Waals surface area (Å²) in [6.45, 7) is 1.64. The molecule has 0 spiro atoms. The van der Waals surface area contributed by atoms with E-state index in [-0.39, 0.29) is 0 Å². The average molecular weight is 68.1 g/mol. The second-order valence-electron chi connectivity index (χ2n) is 0.551. The van der Waals surface area contributed by atoms with E-state index in [2.05, 4.69) is 6.08 Å². The minimum Gasteiger partial charge on any atom is 0.0299 e. The first kappa shape index (κ1) is 4.23. The van der Waals surface area contributed by atoms with Crippen LogP contribution in [-0.4, -0.2) is 6.29 Å². The van der Waals surface area contributed by atoms with E-state index < -0.39 is 0 Å². The predicted molar refractivity (Wildman–Crippen MR) is 19.2 cm³/mol. The summed E-state index contributed by atoms with van der Waals surface area (Å²) in [5.41, 5.74) is 0. The topological polar surface area (TPSA) is 17.1 Å². The number of hydrogen-bond donors (Lipinski definition) is 0. The molecule has 1 nitrogen and oxygen atoms in total. The van der Waals surface area contributed by atoms with Gasteiger partial charge in [0.2, 0.25) is 0 Å². The van der Waals surface area contributed by atoms with Crippen LogP contribution >= 0.6 is 0 Å². The molecule has 0 heterocycles. The van der Waals surface area contributed by atoms with Gasteiger partial charge >= 0.3 is 12.4 Å². The van der Waals surface area contributed by atoms with Crippen molar-refractivity contribution in [3.05, 3.63) is 12.2 Å². The predicted octanol–water partition coefficient (Wildman–Crippen LogP) is 0.475. The zero-order valence-electron chi connectivity index (χ0n) is 2.99. The number of hydrogen-bond acceptors (Lipinski definition) is 1. The fourth-order valence-corrected chi connectivity index (χ4v) is 0.0589. The molecule has 1 heteroatoms. The third-order valence-electron chi connectivity index (χ3n) is 0.203. The molecule has 0 aliphatic carbocycles. The molecule has 5 heavy (non-hydrogen) atoms. The van der Waals surface area contributed by atoms with Crippen LogP contribution in [0.1, 0.15) is 6.92 Å². The molecule has 0 aromatic carbocycles. The van der Waals surface area contributed by atoms with Crippen LogP contribution in [0.5, 0.6) is 0 Å². The smallest absolute Gasteiger partial charge is 0.0299 e. The fraction of sp³-hybridized carbons (Fsp3) is 0.250. The quantitative estimate of drug-likeness (QED) is 0.322. The van der Waals surface area contributed by atoms with E-state index in [1.54, 1.807) is 6.92 Å². The molecule has 0 N–H and O–H groups in total. The van der Waals surface area contributed by atoms with E-state index in [9.17, 15) is 0 Å². The Morgan fingerprint density at radius 2 is 2.40 bits per heavy atom. The van der Waals surface area contributed by atoms with Crippen LogP contribution in [0.2, 0.25) is 0 Å². The van der Waals surface area contributed by atoms with E-state index in [1.807, 2.05) is 0 Å². The second kappa shape index (κ2) is 3.23. The molecule has 0 saturated heterocycles. The summed E-state index contributed by atoms with van der Waals surface area (Å²) in [5.74, 6) is 0. The van der Waals surface area contributed by atoms with Crippen LogP contribution in [0.25, 0.3) is 0 Å². The third kappa shape index (κ3) is 3.23. The molecule has 0 rings (SSSR count). The Morgan fingerprint density at radius 1 is 1.80 bits per heavy atom. The van der Waals surface area contributed by atoms with Gasteiger partial charge in [-0.1, -0.05) is 0 Å². The van der Waals surface area contributed by atoms with E-state index in [1.165, 1.54) is 12.4 Å². The maximum absolute atomic E-state index is 9.16. The number of rotatable bonds is 1. The number of carbonyl (C=O) groups excluding carboxylic acids is 1. The van der Waals surface area contributed by atoms with Crippen molar-refractivity contribution in [1.82, 2.24) is 0 Å². The molecule has 0 aromatic rings. The summed E-state index contributed by atoms with van der Waals surface area (Å²) in [4.78, 5) is 9.16. The van der Waals surface area contributed by atoms with Crippen LogP contribution in [0.3, 0.4) is 0 Å². The highest BCUT2D eigenvalue weighted by molar-refractivity contribution is 5.64. The third-order valence-corrected chi connectivity index (χ3v) is 0.203. The maximum Gasteiger partial charge on any atom is 0.604 e. The summed E-state index contributed by atoms with van der Waals surface area (Å²) >= 11 is 0. The van der Waals surface area contributed by atoms with Crippen LogP contribution in [0.4, 0.5) is 0 Å². The Hall–Kier alpha value is -0.770. The van der Waals surface area contributed by atoms with E-state index in [0.717, 1.165) is 0 Å². The molecule has 0 radical (unpaired) electrons. The van der Waals surface area contributed by atoms with Crippen molar-refractivity contribution in [2.24, 2.45) is 0 Å². The van der Waals surface area contributed by atoms with Gasteiger partial charge in [-0.3, -0.25) is 0 Å². The lowest BCUT2D eigenvalue weighted by molar-refractivity contribution is 0.564. The summed E-state index contributed by atoms with van der Waals surface area (Å²) in [7, 11) is 0. The molecule has 0 aliphatic heterocycles. The monoisotopic (exact) mass is 68.0 g/mol. The molecule has 0 aromatic heterocycles. The van der Waals surface area contributed by atoms with Crippen molar-refractivity contribution in [2.45, 2.75) is 6.92 Å². The van der Waals surface area contributed by atoms with Gasteiger partial charge in [0, 0.05) is 4.79 Å². The first-order chi connectivity index (χ1) is 2.41. The lowest BCUT2D eigenvalue weighted by Gasteiger charge is -1.12. The van der Waals surface area contributed by atoms with Gasteiger partial charge in [-0.15, -0.1) is 0 Å². The van der Waals surface area contributed by atoms with Crippen LogP contribution < -0.4 is 0 Å². The highest BCUT2D eigenvalue weighted by Gasteiger charge is 1.91. The molecule has 0 atom stereocenters. The average Bonchev–Trinajstić information content (AvgIpc) is 1.41. The van der Waals surface area contributed by atoms with Crippen molar-refractivity contribution in [2.75, 3.05) is 0 Å². The highest BCUT2D eigenvalue weighted by Crippen LogP contribution is 1.52. The summed E-state index contributed by atoms with van der Waals surface area (Å²) in [5, 5.41) is 0. The lowest BCUT2D eigenvalue weighted by atomic mass is 10.6. The second-order valence-corrected chi connectivity index (χ2v) is 0.551. The summed E-state index contributed by atoms with van der Waals surface area (Å²) in [6, 6.07) is 0. The Bertz CT molecular complexity index is 45.6. The Balaban J connectivity index is 2.92. The van der Waals surface area contributed by atoms with Crippen molar-refractivity contribution in [3.63, 3.8) is 0 Å². The van der Waals surface area contributed by atoms with Crippen molar-refractivity contribution < 1.29 is 4.79 Å². The molecule has 24 valence electrons. The van der Waals surface area contributed by atoms with Crippen molar-refractivity contribution >= 4 is 6.29 Å². The van der Waals surface area contributed by atoms with Gasteiger partial charge in [-0.25, -0.2) is 0 Å². The van der Waals surface area contributed by atoms with Gasteiger partial charge in [0.15, 0.2) is 6.92 Å². The van der Waals surface area contributed by atoms with Gasteiger partial charge in [-0.05, 0) is 0 Å². The number of allylic oxidation sites excluding steroid dienone is 2. The zero-order valence-corrected chi connectivity index (χ0v) is 2.99. The van der Waals surface area contributed by atoms with Gasteiger partial charge < -0.3 is 0 Å². The first-order valence-electron chi connectivity index (χ1n) is 1.28. The lowest BCUT2D eigenvalue weighted by Crippen LogP contribution is -1.51. The van der Waals surface area contributed by atoms with Gasteiger partial charge in [0.1, 0.15) is 0 Å². The molecule has 0 saturated carbocycles. The first-order valence-corrected chi connectivity index (χ1v) is 1.28. The summed E-state index contributed by atoms with van der Waals surface area (Å²) in [6.07, 6.45) is 5.19. The molecular formula is C4H4O+2. The maximum atomic E-state index is 9.16. The van der Waals surface area contributed by atoms with Crippen molar-refractivity contribution in [3.8, 4) is 0 Å². The fourth-order valence-electron chi connectivity index (χ4n) is 0.0589. The molecule has 0 amide bonds. The standard InChI is InChI=1S/C4H4O/c1-2-3-4-5/h3H,1H3/q+2. The van der Waals surface area contributed by atoms with Crippen molar-refractivity contribution in [1.29, 1.82) is 0 Å². The zero-order chi connectivity index (χ0) is 4.12. The van der Waals surface area contributed by atoms with E-state index >= 15 is 0 Å². The van der Waals surface area contributed by atoms with E-state index in [4.69, 9.17) is 4.79 Å². The van der Waals surface area contributed by atoms with E-state index in [0.29, 0.717) is 0 Å². The molecule has 0 aliphatic rings. The minimum atomic E-state index is 1.19. The molecular weight excluding hydrogens is 64.0 g/mol.